The van der Waals surface area contributed by atoms with E-state index in [1.165, 1.54) is 0 Å². The zero-order chi connectivity index (χ0) is 12.7. The molecule has 0 heterocycles. The van der Waals surface area contributed by atoms with Crippen molar-refractivity contribution < 1.29 is 4.79 Å². The van der Waals surface area contributed by atoms with Crippen LogP contribution in [0.25, 0.3) is 0 Å². The quantitative estimate of drug-likeness (QED) is 0.792. The van der Waals surface area contributed by atoms with Gasteiger partial charge in [-0.05, 0) is 37.7 Å². The third-order valence-electron chi connectivity index (χ3n) is 2.24. The summed E-state index contributed by atoms with van der Waals surface area (Å²) in [5, 5.41) is 6.51. The SMILES string of the molecule is CCNCCCNC(=O)c1cc(Br)ccc1Cl. The summed E-state index contributed by atoms with van der Waals surface area (Å²) in [4.78, 5) is 11.8. The summed E-state index contributed by atoms with van der Waals surface area (Å²) in [6.45, 7) is 4.56. The largest absolute Gasteiger partial charge is 0.352 e. The number of carbonyl (C=O) groups is 1. The van der Waals surface area contributed by atoms with Gasteiger partial charge < -0.3 is 10.6 Å². The van der Waals surface area contributed by atoms with Gasteiger partial charge in [0, 0.05) is 11.0 Å². The van der Waals surface area contributed by atoms with Crippen LogP contribution in [0.15, 0.2) is 22.7 Å². The van der Waals surface area contributed by atoms with E-state index >= 15 is 0 Å². The molecule has 0 radical (unpaired) electrons. The zero-order valence-corrected chi connectivity index (χ0v) is 12.1. The smallest absolute Gasteiger partial charge is 0.252 e. The van der Waals surface area contributed by atoms with Crippen LogP contribution in [0.4, 0.5) is 0 Å². The molecule has 0 aliphatic carbocycles. The second-order valence-electron chi connectivity index (χ2n) is 3.59. The minimum Gasteiger partial charge on any atom is -0.352 e. The van der Waals surface area contributed by atoms with E-state index < -0.39 is 0 Å². The molecule has 1 rings (SSSR count). The lowest BCUT2D eigenvalue weighted by Crippen LogP contribution is -2.27. The van der Waals surface area contributed by atoms with Crippen LogP contribution in [-0.4, -0.2) is 25.5 Å². The van der Waals surface area contributed by atoms with E-state index in [4.69, 9.17) is 11.6 Å². The van der Waals surface area contributed by atoms with Crippen molar-refractivity contribution in [2.24, 2.45) is 0 Å². The highest BCUT2D eigenvalue weighted by molar-refractivity contribution is 9.10. The molecule has 94 valence electrons. The first kappa shape index (κ1) is 14.5. The number of hydrogen-bond acceptors (Lipinski definition) is 2. The average molecular weight is 320 g/mol. The number of rotatable bonds is 6. The molecule has 2 N–H and O–H groups in total. The Morgan fingerprint density at radius 1 is 1.41 bits per heavy atom. The summed E-state index contributed by atoms with van der Waals surface area (Å²) < 4.78 is 0.847. The molecule has 5 heteroatoms. The molecule has 0 saturated heterocycles. The molecule has 1 amide bonds. The topological polar surface area (TPSA) is 41.1 Å². The fraction of sp³-hybridized carbons (Fsp3) is 0.417. The van der Waals surface area contributed by atoms with E-state index in [1.54, 1.807) is 12.1 Å². The van der Waals surface area contributed by atoms with Gasteiger partial charge in [-0.15, -0.1) is 0 Å². The third-order valence-corrected chi connectivity index (χ3v) is 3.06. The molecule has 0 bridgehead atoms. The van der Waals surface area contributed by atoms with E-state index in [2.05, 4.69) is 33.5 Å². The fourth-order valence-electron chi connectivity index (χ4n) is 1.36. The number of halogens is 2. The standard InChI is InChI=1S/C12H16BrClN2O/c1-2-15-6-3-7-16-12(17)10-8-9(13)4-5-11(10)14/h4-5,8,15H,2-3,6-7H2,1H3,(H,16,17). The second-order valence-corrected chi connectivity index (χ2v) is 4.91. The monoisotopic (exact) mass is 318 g/mol. The van der Waals surface area contributed by atoms with Gasteiger partial charge in [-0.3, -0.25) is 4.79 Å². The van der Waals surface area contributed by atoms with E-state index in [0.717, 1.165) is 24.0 Å². The predicted molar refractivity (Wildman–Crippen MR) is 74.6 cm³/mol. The van der Waals surface area contributed by atoms with Crippen molar-refractivity contribution in [1.82, 2.24) is 10.6 Å². The van der Waals surface area contributed by atoms with Crippen molar-refractivity contribution in [3.8, 4) is 0 Å². The summed E-state index contributed by atoms with van der Waals surface area (Å²) >= 11 is 9.28. The van der Waals surface area contributed by atoms with Crippen molar-refractivity contribution in [3.05, 3.63) is 33.3 Å². The maximum Gasteiger partial charge on any atom is 0.252 e. The van der Waals surface area contributed by atoms with E-state index in [9.17, 15) is 4.79 Å². The molecule has 0 aliphatic heterocycles. The maximum atomic E-state index is 11.8. The Bertz CT molecular complexity index is 385. The Morgan fingerprint density at radius 2 is 2.18 bits per heavy atom. The van der Waals surface area contributed by atoms with Gasteiger partial charge in [0.15, 0.2) is 0 Å². The lowest BCUT2D eigenvalue weighted by molar-refractivity contribution is 0.0953. The molecule has 17 heavy (non-hydrogen) atoms. The van der Waals surface area contributed by atoms with E-state index in [1.807, 2.05) is 6.07 Å². The Labute approximate surface area is 115 Å². The fourth-order valence-corrected chi connectivity index (χ4v) is 1.92. The molecular weight excluding hydrogens is 304 g/mol. The van der Waals surface area contributed by atoms with Crippen LogP contribution < -0.4 is 10.6 Å². The lowest BCUT2D eigenvalue weighted by atomic mass is 10.2. The number of nitrogens with one attached hydrogen (secondary N) is 2. The van der Waals surface area contributed by atoms with Crippen LogP contribution in [0.3, 0.4) is 0 Å². The average Bonchev–Trinajstić information content (AvgIpc) is 2.32. The van der Waals surface area contributed by atoms with Gasteiger partial charge in [-0.25, -0.2) is 0 Å². The van der Waals surface area contributed by atoms with Gasteiger partial charge in [0.2, 0.25) is 0 Å². The molecule has 1 aromatic rings. The van der Waals surface area contributed by atoms with Crippen LogP contribution >= 0.6 is 27.5 Å². The summed E-state index contributed by atoms with van der Waals surface area (Å²) in [5.74, 6) is -0.132. The van der Waals surface area contributed by atoms with Gasteiger partial charge in [0.05, 0.1) is 10.6 Å². The van der Waals surface area contributed by atoms with Crippen LogP contribution in [0, 0.1) is 0 Å². The highest BCUT2D eigenvalue weighted by Crippen LogP contribution is 2.20. The lowest BCUT2D eigenvalue weighted by Gasteiger charge is -2.07. The third kappa shape index (κ3) is 5.06. The first-order valence-electron chi connectivity index (χ1n) is 5.59. The van der Waals surface area contributed by atoms with E-state index in [-0.39, 0.29) is 5.91 Å². The Kier molecular flexibility index (Phi) is 6.55. The van der Waals surface area contributed by atoms with Gasteiger partial charge >= 0.3 is 0 Å². The van der Waals surface area contributed by atoms with E-state index in [0.29, 0.717) is 17.1 Å². The number of benzene rings is 1. The number of amides is 1. The summed E-state index contributed by atoms with van der Waals surface area (Å²) in [6, 6.07) is 5.24. The van der Waals surface area contributed by atoms with Crippen LogP contribution in [0.5, 0.6) is 0 Å². The van der Waals surface area contributed by atoms with Gasteiger partial charge in [0.1, 0.15) is 0 Å². The molecule has 3 nitrogen and oxygen atoms in total. The predicted octanol–water partition coefficient (Wildman–Crippen LogP) is 2.83. The Morgan fingerprint density at radius 3 is 2.88 bits per heavy atom. The molecule has 0 aliphatic rings. The van der Waals surface area contributed by atoms with Crippen molar-refractivity contribution >= 4 is 33.4 Å². The Balaban J connectivity index is 2.44. The molecule has 0 saturated carbocycles. The first-order valence-corrected chi connectivity index (χ1v) is 6.76. The maximum absolute atomic E-state index is 11.8. The molecule has 0 atom stereocenters. The summed E-state index contributed by atoms with van der Waals surface area (Å²) in [6.07, 6.45) is 0.908. The van der Waals surface area contributed by atoms with Crippen LogP contribution in [0.2, 0.25) is 5.02 Å². The number of carbonyl (C=O) groups excluding carboxylic acids is 1. The van der Waals surface area contributed by atoms with Crippen LogP contribution in [0.1, 0.15) is 23.7 Å². The molecule has 0 fully saturated rings. The normalized spacial score (nSPS) is 10.3. The molecule has 1 aromatic carbocycles. The molecule has 0 aromatic heterocycles. The molecule has 0 spiro atoms. The first-order chi connectivity index (χ1) is 8.15. The zero-order valence-electron chi connectivity index (χ0n) is 9.72. The van der Waals surface area contributed by atoms with Crippen molar-refractivity contribution in [1.29, 1.82) is 0 Å². The Hall–Kier alpha value is -0.580. The van der Waals surface area contributed by atoms with Gasteiger partial charge in [-0.2, -0.15) is 0 Å². The highest BCUT2D eigenvalue weighted by atomic mass is 79.9. The van der Waals surface area contributed by atoms with Gasteiger partial charge in [-0.1, -0.05) is 34.5 Å². The number of hydrogen-bond donors (Lipinski definition) is 2. The summed E-state index contributed by atoms with van der Waals surface area (Å²) in [5.41, 5.74) is 0.504. The minimum atomic E-state index is -0.132. The van der Waals surface area contributed by atoms with Crippen molar-refractivity contribution in [3.63, 3.8) is 0 Å². The second kappa shape index (κ2) is 7.69. The van der Waals surface area contributed by atoms with Crippen molar-refractivity contribution in [2.75, 3.05) is 19.6 Å². The van der Waals surface area contributed by atoms with Crippen LogP contribution in [-0.2, 0) is 0 Å². The highest BCUT2D eigenvalue weighted by Gasteiger charge is 2.09. The van der Waals surface area contributed by atoms with Gasteiger partial charge in [0.25, 0.3) is 5.91 Å². The molecular formula is C12H16BrClN2O. The summed E-state index contributed by atoms with van der Waals surface area (Å²) in [7, 11) is 0. The molecule has 0 unspecified atom stereocenters. The van der Waals surface area contributed by atoms with Crippen molar-refractivity contribution in [2.45, 2.75) is 13.3 Å². The minimum absolute atomic E-state index is 0.132.